The van der Waals surface area contributed by atoms with Gasteiger partial charge in [0.15, 0.2) is 5.43 Å². The van der Waals surface area contributed by atoms with Crippen molar-refractivity contribution in [2.24, 2.45) is 0 Å². The van der Waals surface area contributed by atoms with Gasteiger partial charge in [-0.15, -0.1) is 0 Å². The summed E-state index contributed by atoms with van der Waals surface area (Å²) in [5.41, 5.74) is 5.65. The van der Waals surface area contributed by atoms with Crippen molar-refractivity contribution in [3.8, 4) is 0 Å². The standard InChI is InChI=1S/C19H26N2O/c1-12-8-9-16-18(14(12)3)20-15(4)17(19(16)22)11-21-10-6-5-7-13(21)2/h8-9,13H,5-7,10-11H2,1-4H3,(H,20,22)/p+1/t13-/m0/s1. The van der Waals surface area contributed by atoms with Crippen molar-refractivity contribution in [1.82, 2.24) is 4.98 Å². The van der Waals surface area contributed by atoms with Gasteiger partial charge in [0.25, 0.3) is 0 Å². The SMILES string of the molecule is Cc1ccc2c(=O)c(C[NH+]3CCCC[C@@H]3C)c(C)[nH]c2c1C. The Kier molecular flexibility index (Phi) is 4.09. The van der Waals surface area contributed by atoms with Crippen molar-refractivity contribution in [3.05, 3.63) is 44.7 Å². The highest BCUT2D eigenvalue weighted by Gasteiger charge is 2.24. The zero-order valence-electron chi connectivity index (χ0n) is 14.2. The lowest BCUT2D eigenvalue weighted by Gasteiger charge is -2.30. The average molecular weight is 299 g/mol. The van der Waals surface area contributed by atoms with Crippen LogP contribution in [0.4, 0.5) is 0 Å². The Morgan fingerprint density at radius 2 is 2.00 bits per heavy atom. The summed E-state index contributed by atoms with van der Waals surface area (Å²) in [7, 11) is 0. The first-order valence-electron chi connectivity index (χ1n) is 8.45. The summed E-state index contributed by atoms with van der Waals surface area (Å²) < 4.78 is 0. The van der Waals surface area contributed by atoms with E-state index in [9.17, 15) is 4.79 Å². The molecular weight excluding hydrogens is 272 g/mol. The van der Waals surface area contributed by atoms with Gasteiger partial charge >= 0.3 is 0 Å². The number of benzene rings is 1. The largest absolute Gasteiger partial charge is 0.358 e. The summed E-state index contributed by atoms with van der Waals surface area (Å²) in [6, 6.07) is 4.69. The zero-order valence-corrected chi connectivity index (χ0v) is 14.2. The molecule has 0 spiro atoms. The summed E-state index contributed by atoms with van der Waals surface area (Å²) in [6.45, 7) is 10.6. The maximum absolute atomic E-state index is 13.0. The minimum Gasteiger partial charge on any atom is -0.358 e. The van der Waals surface area contributed by atoms with Crippen molar-refractivity contribution in [3.63, 3.8) is 0 Å². The number of pyridine rings is 1. The molecule has 0 saturated carbocycles. The minimum atomic E-state index is 0.222. The van der Waals surface area contributed by atoms with Gasteiger partial charge in [0, 0.05) is 11.1 Å². The maximum Gasteiger partial charge on any atom is 0.198 e. The van der Waals surface area contributed by atoms with Gasteiger partial charge in [-0.2, -0.15) is 0 Å². The molecule has 1 aromatic carbocycles. The molecule has 0 aliphatic carbocycles. The number of aryl methyl sites for hydroxylation is 3. The molecule has 3 heteroatoms. The van der Waals surface area contributed by atoms with Crippen molar-refractivity contribution in [2.45, 2.75) is 59.5 Å². The lowest BCUT2D eigenvalue weighted by Crippen LogP contribution is -3.15. The molecule has 2 aromatic rings. The third kappa shape index (κ3) is 2.58. The number of piperidine rings is 1. The molecule has 2 N–H and O–H groups in total. The number of aromatic amines is 1. The fourth-order valence-electron chi connectivity index (χ4n) is 3.72. The Labute approximate surface area is 132 Å². The second-order valence-electron chi connectivity index (χ2n) is 6.97. The zero-order chi connectivity index (χ0) is 15.9. The molecule has 0 bridgehead atoms. The highest BCUT2D eigenvalue weighted by Crippen LogP contribution is 2.18. The molecule has 3 rings (SSSR count). The number of nitrogens with one attached hydrogen (secondary N) is 2. The second kappa shape index (κ2) is 5.88. The van der Waals surface area contributed by atoms with Gasteiger partial charge in [-0.1, -0.05) is 6.07 Å². The van der Waals surface area contributed by atoms with Gasteiger partial charge in [0.1, 0.15) is 6.54 Å². The van der Waals surface area contributed by atoms with Crippen molar-refractivity contribution >= 4 is 10.9 Å². The molecule has 3 nitrogen and oxygen atoms in total. The van der Waals surface area contributed by atoms with Crippen LogP contribution in [0.5, 0.6) is 0 Å². The van der Waals surface area contributed by atoms with Crippen LogP contribution in [0.25, 0.3) is 10.9 Å². The van der Waals surface area contributed by atoms with Crippen LogP contribution in [-0.2, 0) is 6.54 Å². The van der Waals surface area contributed by atoms with Crippen LogP contribution in [0.15, 0.2) is 16.9 Å². The van der Waals surface area contributed by atoms with E-state index in [1.807, 2.05) is 13.0 Å². The summed E-state index contributed by atoms with van der Waals surface area (Å²) in [6.07, 6.45) is 3.89. The van der Waals surface area contributed by atoms with E-state index >= 15 is 0 Å². The molecule has 1 aromatic heterocycles. The number of fused-ring (bicyclic) bond motifs is 1. The van der Waals surface area contributed by atoms with Crippen LogP contribution in [0, 0.1) is 20.8 Å². The van der Waals surface area contributed by atoms with Crippen molar-refractivity contribution in [1.29, 1.82) is 0 Å². The first kappa shape index (κ1) is 15.3. The predicted octanol–water partition coefficient (Wildman–Crippen LogP) is 2.41. The van der Waals surface area contributed by atoms with Gasteiger partial charge in [-0.25, -0.2) is 0 Å². The Morgan fingerprint density at radius 3 is 2.73 bits per heavy atom. The highest BCUT2D eigenvalue weighted by molar-refractivity contribution is 5.83. The smallest absolute Gasteiger partial charge is 0.198 e. The lowest BCUT2D eigenvalue weighted by molar-refractivity contribution is -0.942. The molecule has 1 aliphatic rings. The summed E-state index contributed by atoms with van der Waals surface area (Å²) in [4.78, 5) is 18.0. The van der Waals surface area contributed by atoms with Gasteiger partial charge in [-0.05, 0) is 64.2 Å². The van der Waals surface area contributed by atoms with E-state index in [0.29, 0.717) is 6.04 Å². The molecule has 1 unspecified atom stereocenters. The quantitative estimate of drug-likeness (QED) is 0.878. The normalized spacial score (nSPS) is 22.2. The summed E-state index contributed by atoms with van der Waals surface area (Å²) >= 11 is 0. The first-order valence-corrected chi connectivity index (χ1v) is 8.45. The summed E-state index contributed by atoms with van der Waals surface area (Å²) in [5.74, 6) is 0. The van der Waals surface area contributed by atoms with Crippen LogP contribution in [0.2, 0.25) is 0 Å². The monoisotopic (exact) mass is 299 g/mol. The van der Waals surface area contributed by atoms with Gasteiger partial charge in [0.05, 0.1) is 23.7 Å². The molecule has 22 heavy (non-hydrogen) atoms. The second-order valence-corrected chi connectivity index (χ2v) is 6.97. The van der Waals surface area contributed by atoms with Crippen LogP contribution in [0.1, 0.15) is 48.6 Å². The lowest BCUT2D eigenvalue weighted by atomic mass is 10.00. The van der Waals surface area contributed by atoms with Gasteiger partial charge < -0.3 is 9.88 Å². The number of hydrogen-bond acceptors (Lipinski definition) is 1. The molecule has 1 fully saturated rings. The molecule has 1 aliphatic heterocycles. The first-order chi connectivity index (χ1) is 10.5. The van der Waals surface area contributed by atoms with E-state index in [2.05, 4.69) is 31.8 Å². The molecule has 1 saturated heterocycles. The molecule has 0 radical (unpaired) electrons. The van der Waals surface area contributed by atoms with Crippen LogP contribution < -0.4 is 10.3 Å². The van der Waals surface area contributed by atoms with Crippen molar-refractivity contribution < 1.29 is 4.90 Å². The predicted molar refractivity (Wildman–Crippen MR) is 91.6 cm³/mol. The van der Waals surface area contributed by atoms with E-state index < -0.39 is 0 Å². The third-order valence-corrected chi connectivity index (χ3v) is 5.51. The fourth-order valence-corrected chi connectivity index (χ4v) is 3.72. The minimum absolute atomic E-state index is 0.222. The molecule has 118 valence electrons. The average Bonchev–Trinajstić information content (AvgIpc) is 2.49. The molecule has 2 atom stereocenters. The highest BCUT2D eigenvalue weighted by atomic mass is 16.1. The molecular formula is C19H27N2O+. The van der Waals surface area contributed by atoms with Crippen LogP contribution in [-0.4, -0.2) is 17.6 Å². The number of hydrogen-bond donors (Lipinski definition) is 2. The van der Waals surface area contributed by atoms with E-state index in [0.717, 1.165) is 28.7 Å². The van der Waals surface area contributed by atoms with Gasteiger partial charge in [0.2, 0.25) is 0 Å². The fraction of sp³-hybridized carbons (Fsp3) is 0.526. The van der Waals surface area contributed by atoms with Crippen LogP contribution in [0.3, 0.4) is 0 Å². The number of aromatic nitrogens is 1. The molecule has 2 heterocycles. The number of quaternary nitrogens is 1. The number of rotatable bonds is 2. The Hall–Kier alpha value is -1.61. The number of likely N-dealkylation sites (tertiary alicyclic amines) is 1. The topological polar surface area (TPSA) is 37.3 Å². The van der Waals surface area contributed by atoms with E-state index in [-0.39, 0.29) is 5.43 Å². The summed E-state index contributed by atoms with van der Waals surface area (Å²) in [5, 5.41) is 0.841. The Balaban J connectivity index is 2.07. The van der Waals surface area contributed by atoms with Crippen molar-refractivity contribution in [2.75, 3.05) is 6.54 Å². The number of H-pyrrole nitrogens is 1. The van der Waals surface area contributed by atoms with E-state index in [4.69, 9.17) is 0 Å². The van der Waals surface area contributed by atoms with Crippen LogP contribution >= 0.6 is 0 Å². The Morgan fingerprint density at radius 1 is 1.23 bits per heavy atom. The Bertz CT molecular complexity index is 760. The van der Waals surface area contributed by atoms with E-state index in [1.54, 1.807) is 4.90 Å². The maximum atomic E-state index is 13.0. The third-order valence-electron chi connectivity index (χ3n) is 5.51. The van der Waals surface area contributed by atoms with Gasteiger partial charge in [-0.3, -0.25) is 4.79 Å². The van der Waals surface area contributed by atoms with E-state index in [1.165, 1.54) is 36.9 Å². The molecule has 0 amide bonds.